The van der Waals surface area contributed by atoms with E-state index in [1.807, 2.05) is 6.07 Å². The van der Waals surface area contributed by atoms with Gasteiger partial charge in [-0.15, -0.1) is 23.1 Å². The summed E-state index contributed by atoms with van der Waals surface area (Å²) in [5, 5.41) is 1.05. The summed E-state index contributed by atoms with van der Waals surface area (Å²) in [4.78, 5) is 12.1. The van der Waals surface area contributed by atoms with Crippen molar-refractivity contribution in [3.05, 3.63) is 46.3 Å². The molecule has 1 aromatic carbocycles. The predicted molar refractivity (Wildman–Crippen MR) is 94.4 cm³/mol. The summed E-state index contributed by atoms with van der Waals surface area (Å²) in [7, 11) is 0. The van der Waals surface area contributed by atoms with Crippen molar-refractivity contribution in [2.45, 2.75) is 36.3 Å². The number of benzene rings is 1. The Balaban J connectivity index is 1.65. The zero-order valence-corrected chi connectivity index (χ0v) is 14.1. The lowest BCUT2D eigenvalue weighted by Crippen LogP contribution is -2.02. The zero-order chi connectivity index (χ0) is 15.8. The zero-order valence-electron chi connectivity index (χ0n) is 12.5. The molecule has 0 radical (unpaired) electrons. The van der Waals surface area contributed by atoms with E-state index in [9.17, 15) is 4.39 Å². The summed E-state index contributed by atoms with van der Waals surface area (Å²) in [5.74, 6) is 1.54. The highest BCUT2D eigenvalue weighted by atomic mass is 32.2. The molecule has 0 amide bonds. The van der Waals surface area contributed by atoms with E-state index < -0.39 is 0 Å². The number of rotatable bonds is 3. The Kier molecular flexibility index (Phi) is 3.95. The van der Waals surface area contributed by atoms with E-state index in [-0.39, 0.29) is 5.82 Å². The smallest absolute Gasteiger partial charge is 0.142 e. The van der Waals surface area contributed by atoms with Gasteiger partial charge in [0.25, 0.3) is 0 Å². The van der Waals surface area contributed by atoms with Gasteiger partial charge >= 0.3 is 0 Å². The Morgan fingerprint density at radius 3 is 2.87 bits per heavy atom. The fraction of sp³-hybridized carbons (Fsp3) is 0.294. The number of nitrogen functional groups attached to an aromatic ring is 1. The predicted octanol–water partition coefficient (Wildman–Crippen LogP) is 4.58. The van der Waals surface area contributed by atoms with E-state index >= 15 is 0 Å². The van der Waals surface area contributed by atoms with Gasteiger partial charge in [0.15, 0.2) is 0 Å². The molecule has 0 unspecified atom stereocenters. The van der Waals surface area contributed by atoms with Crippen molar-refractivity contribution < 1.29 is 4.39 Å². The number of hydrogen-bond acceptors (Lipinski definition) is 5. The lowest BCUT2D eigenvalue weighted by molar-refractivity contribution is 0.602. The second kappa shape index (κ2) is 6.09. The molecule has 0 aliphatic heterocycles. The third-order valence-electron chi connectivity index (χ3n) is 4.08. The summed E-state index contributed by atoms with van der Waals surface area (Å²) in [5.41, 5.74) is 7.55. The molecule has 2 N–H and O–H groups in total. The van der Waals surface area contributed by atoms with Gasteiger partial charge in [-0.1, -0.05) is 12.1 Å². The molecule has 0 atom stereocenters. The third kappa shape index (κ3) is 2.81. The molecule has 0 saturated carbocycles. The number of thioether (sulfide) groups is 1. The molecule has 4 rings (SSSR count). The fourth-order valence-corrected chi connectivity index (χ4v) is 5.08. The number of nitrogens with two attached hydrogens (primary N) is 1. The van der Waals surface area contributed by atoms with E-state index in [1.54, 1.807) is 23.5 Å². The van der Waals surface area contributed by atoms with Gasteiger partial charge in [0.1, 0.15) is 22.3 Å². The van der Waals surface area contributed by atoms with Crippen molar-refractivity contribution in [3.63, 3.8) is 0 Å². The van der Waals surface area contributed by atoms with Crippen LogP contribution in [0.5, 0.6) is 0 Å². The van der Waals surface area contributed by atoms with Gasteiger partial charge in [-0.25, -0.2) is 14.4 Å². The first-order valence-corrected chi connectivity index (χ1v) is 9.46. The van der Waals surface area contributed by atoms with Crippen LogP contribution in [0.2, 0.25) is 0 Å². The van der Waals surface area contributed by atoms with E-state index in [1.165, 1.54) is 41.1 Å². The first kappa shape index (κ1) is 14.9. The van der Waals surface area contributed by atoms with Crippen LogP contribution in [0, 0.1) is 5.82 Å². The van der Waals surface area contributed by atoms with Gasteiger partial charge in [0.2, 0.25) is 0 Å². The molecule has 2 heterocycles. The highest BCUT2D eigenvalue weighted by molar-refractivity contribution is 7.98. The normalized spacial score (nSPS) is 14.1. The summed E-state index contributed by atoms with van der Waals surface area (Å²) in [6.45, 7) is 0. The number of anilines is 1. The van der Waals surface area contributed by atoms with Crippen molar-refractivity contribution in [1.29, 1.82) is 0 Å². The molecule has 0 bridgehead atoms. The largest absolute Gasteiger partial charge is 0.383 e. The number of thiophene rings is 1. The van der Waals surface area contributed by atoms with Gasteiger partial charge in [-0.2, -0.15) is 0 Å². The van der Waals surface area contributed by atoms with Gasteiger partial charge in [0, 0.05) is 9.77 Å². The minimum Gasteiger partial charge on any atom is -0.383 e. The van der Waals surface area contributed by atoms with Crippen LogP contribution in [0.3, 0.4) is 0 Å². The molecule has 1 aliphatic rings. The Morgan fingerprint density at radius 2 is 2.00 bits per heavy atom. The molecule has 1 aliphatic carbocycles. The van der Waals surface area contributed by atoms with E-state index in [0.29, 0.717) is 22.3 Å². The summed E-state index contributed by atoms with van der Waals surface area (Å²) in [6, 6.07) is 6.76. The number of fused-ring (bicyclic) bond motifs is 3. The molecule has 23 heavy (non-hydrogen) atoms. The number of hydrogen-bond donors (Lipinski definition) is 1. The molecule has 118 valence electrons. The average molecular weight is 345 g/mol. The molecule has 6 heteroatoms. The maximum absolute atomic E-state index is 13.7. The van der Waals surface area contributed by atoms with Crippen LogP contribution in [-0.4, -0.2) is 9.97 Å². The lowest BCUT2D eigenvalue weighted by atomic mass is 9.97. The standard InChI is InChI=1S/C17H16FN3S2/c18-11-6-2-4-8-13(11)22-9-14-20-16(19)15-10-5-1-3-7-12(10)23-17(15)21-14/h2,4,6,8H,1,3,5,7,9H2,(H2,19,20,21). The van der Waals surface area contributed by atoms with Crippen LogP contribution in [0.4, 0.5) is 10.2 Å². The van der Waals surface area contributed by atoms with Crippen LogP contribution >= 0.6 is 23.1 Å². The number of aryl methyl sites for hydroxylation is 2. The Bertz CT molecular complexity index is 876. The van der Waals surface area contributed by atoms with Crippen molar-refractivity contribution in [1.82, 2.24) is 9.97 Å². The number of halogens is 1. The molecule has 3 aromatic rings. The van der Waals surface area contributed by atoms with Crippen molar-refractivity contribution in [2.24, 2.45) is 0 Å². The van der Waals surface area contributed by atoms with Crippen LogP contribution in [0.15, 0.2) is 29.2 Å². The van der Waals surface area contributed by atoms with Gasteiger partial charge in [0.05, 0.1) is 11.1 Å². The molecular formula is C17H16FN3S2. The minimum atomic E-state index is -0.210. The molecule has 3 nitrogen and oxygen atoms in total. The maximum Gasteiger partial charge on any atom is 0.142 e. The Hall–Kier alpha value is -1.66. The fourth-order valence-electron chi connectivity index (χ4n) is 3.00. The van der Waals surface area contributed by atoms with Gasteiger partial charge < -0.3 is 5.73 Å². The van der Waals surface area contributed by atoms with Gasteiger partial charge in [-0.3, -0.25) is 0 Å². The van der Waals surface area contributed by atoms with E-state index in [2.05, 4.69) is 9.97 Å². The van der Waals surface area contributed by atoms with Crippen molar-refractivity contribution >= 4 is 39.1 Å². The number of aromatic nitrogens is 2. The Labute approximate surface area is 142 Å². The maximum atomic E-state index is 13.7. The van der Waals surface area contributed by atoms with Crippen molar-refractivity contribution in [2.75, 3.05) is 5.73 Å². The van der Waals surface area contributed by atoms with Crippen molar-refractivity contribution in [3.8, 4) is 0 Å². The lowest BCUT2D eigenvalue weighted by Gasteiger charge is -2.10. The minimum absolute atomic E-state index is 0.210. The van der Waals surface area contributed by atoms with Crippen LogP contribution in [-0.2, 0) is 18.6 Å². The monoisotopic (exact) mass is 345 g/mol. The summed E-state index contributed by atoms with van der Waals surface area (Å²) in [6.07, 6.45) is 4.65. The highest BCUT2D eigenvalue weighted by Gasteiger charge is 2.20. The molecule has 2 aromatic heterocycles. The quantitative estimate of drug-likeness (QED) is 0.706. The van der Waals surface area contributed by atoms with Crippen LogP contribution < -0.4 is 5.73 Å². The van der Waals surface area contributed by atoms with Crippen LogP contribution in [0.25, 0.3) is 10.2 Å². The first-order valence-electron chi connectivity index (χ1n) is 7.66. The summed E-state index contributed by atoms with van der Waals surface area (Å²) >= 11 is 3.14. The average Bonchev–Trinajstić information content (AvgIpc) is 2.93. The number of nitrogens with zero attached hydrogens (tertiary/aromatic N) is 2. The molecular weight excluding hydrogens is 329 g/mol. The third-order valence-corrected chi connectivity index (χ3v) is 6.31. The Morgan fingerprint density at radius 1 is 1.17 bits per heavy atom. The molecule has 0 spiro atoms. The molecule has 0 saturated heterocycles. The molecule has 0 fully saturated rings. The van der Waals surface area contributed by atoms with Crippen LogP contribution in [0.1, 0.15) is 29.1 Å². The first-order chi connectivity index (χ1) is 11.2. The van der Waals surface area contributed by atoms with Gasteiger partial charge in [-0.05, 0) is 43.4 Å². The second-order valence-corrected chi connectivity index (χ2v) is 7.74. The van der Waals surface area contributed by atoms with E-state index in [4.69, 9.17) is 5.73 Å². The summed E-state index contributed by atoms with van der Waals surface area (Å²) < 4.78 is 13.7. The highest BCUT2D eigenvalue weighted by Crippen LogP contribution is 2.38. The SMILES string of the molecule is Nc1nc(CSc2ccccc2F)nc2sc3c(c12)CCCC3. The topological polar surface area (TPSA) is 51.8 Å². The van der Waals surface area contributed by atoms with E-state index in [0.717, 1.165) is 23.1 Å². The second-order valence-electron chi connectivity index (χ2n) is 5.64.